The number of nitrogens with two attached hydrogens (primary N) is 1. The van der Waals surface area contributed by atoms with Gasteiger partial charge < -0.3 is 16.4 Å². The van der Waals surface area contributed by atoms with E-state index in [4.69, 9.17) is 5.73 Å². The third-order valence-corrected chi connectivity index (χ3v) is 4.72. The molecule has 124 valence electrons. The maximum absolute atomic E-state index is 12.4. The van der Waals surface area contributed by atoms with E-state index in [1.165, 1.54) is 11.3 Å². The molecule has 1 heterocycles. The second-order valence-corrected chi connectivity index (χ2v) is 6.73. The molecule has 0 unspecified atom stereocenters. The molecule has 3 rings (SSSR count). The van der Waals surface area contributed by atoms with Gasteiger partial charge >= 0.3 is 0 Å². The zero-order chi connectivity index (χ0) is 17.1. The van der Waals surface area contributed by atoms with Crippen molar-refractivity contribution in [1.82, 2.24) is 5.32 Å². The first-order chi connectivity index (χ1) is 11.5. The van der Waals surface area contributed by atoms with Crippen LogP contribution in [0.2, 0.25) is 0 Å². The topological polar surface area (TPSA) is 101 Å². The number of amides is 3. The van der Waals surface area contributed by atoms with Crippen molar-refractivity contribution in [3.8, 4) is 0 Å². The molecular weight excluding hydrogens is 326 g/mol. The molecule has 7 heteroatoms. The van der Waals surface area contributed by atoms with Gasteiger partial charge in [-0.05, 0) is 30.5 Å². The van der Waals surface area contributed by atoms with E-state index in [1.54, 1.807) is 36.4 Å². The monoisotopic (exact) mass is 343 g/mol. The number of rotatable bonds is 6. The van der Waals surface area contributed by atoms with Gasteiger partial charge in [0.25, 0.3) is 5.91 Å². The Balaban J connectivity index is 1.68. The summed E-state index contributed by atoms with van der Waals surface area (Å²) in [7, 11) is 0. The number of hydrogen-bond acceptors (Lipinski definition) is 4. The molecule has 0 aliphatic heterocycles. The van der Waals surface area contributed by atoms with Crippen molar-refractivity contribution < 1.29 is 14.4 Å². The molecule has 1 aliphatic rings. The van der Waals surface area contributed by atoms with Gasteiger partial charge in [-0.1, -0.05) is 30.3 Å². The Kier molecular flexibility index (Phi) is 4.61. The molecule has 1 aromatic carbocycles. The highest BCUT2D eigenvalue weighted by atomic mass is 32.1. The van der Waals surface area contributed by atoms with Crippen LogP contribution in [0.25, 0.3) is 0 Å². The van der Waals surface area contributed by atoms with Gasteiger partial charge in [0.05, 0.1) is 9.88 Å². The minimum Gasteiger partial charge on any atom is -0.368 e. The van der Waals surface area contributed by atoms with Crippen molar-refractivity contribution >= 4 is 34.1 Å². The largest absolute Gasteiger partial charge is 0.368 e. The first kappa shape index (κ1) is 16.2. The lowest BCUT2D eigenvalue weighted by Gasteiger charge is -2.15. The van der Waals surface area contributed by atoms with Crippen molar-refractivity contribution in [3.63, 3.8) is 0 Å². The fourth-order valence-electron chi connectivity index (χ4n) is 2.26. The van der Waals surface area contributed by atoms with Gasteiger partial charge in [-0.15, -0.1) is 11.3 Å². The van der Waals surface area contributed by atoms with E-state index in [1.807, 2.05) is 6.07 Å². The molecule has 2 aromatic rings. The standard InChI is InChI=1S/C17H17N3O3S/c18-15(21)14(10-4-2-1-3-5-10)20-17(23)12-8-9-13(24-12)19-16(22)11-6-7-11/h1-5,8-9,11,14H,6-7H2,(H2,18,21)(H,19,22)(H,20,23)/t14-/m1/s1. The van der Waals surface area contributed by atoms with Gasteiger partial charge in [0, 0.05) is 5.92 Å². The van der Waals surface area contributed by atoms with E-state index in [2.05, 4.69) is 10.6 Å². The molecule has 0 saturated heterocycles. The van der Waals surface area contributed by atoms with Gasteiger partial charge in [-0.2, -0.15) is 0 Å². The van der Waals surface area contributed by atoms with Gasteiger partial charge in [0.1, 0.15) is 6.04 Å². The Morgan fingerprint density at radius 3 is 2.42 bits per heavy atom. The Labute approximate surface area is 143 Å². The predicted molar refractivity (Wildman–Crippen MR) is 91.5 cm³/mol. The number of primary amides is 1. The molecule has 0 spiro atoms. The summed E-state index contributed by atoms with van der Waals surface area (Å²) in [6.07, 6.45) is 1.84. The van der Waals surface area contributed by atoms with E-state index in [9.17, 15) is 14.4 Å². The van der Waals surface area contributed by atoms with E-state index >= 15 is 0 Å². The lowest BCUT2D eigenvalue weighted by atomic mass is 10.1. The Bertz CT molecular complexity index is 768. The molecule has 4 N–H and O–H groups in total. The maximum Gasteiger partial charge on any atom is 0.262 e. The number of benzene rings is 1. The molecule has 0 radical (unpaired) electrons. The van der Waals surface area contributed by atoms with Crippen molar-refractivity contribution in [2.75, 3.05) is 5.32 Å². The molecule has 1 saturated carbocycles. The fourth-order valence-corrected chi connectivity index (χ4v) is 3.07. The van der Waals surface area contributed by atoms with Gasteiger partial charge in [-0.3, -0.25) is 14.4 Å². The third-order valence-electron chi connectivity index (χ3n) is 3.72. The van der Waals surface area contributed by atoms with Crippen molar-refractivity contribution in [1.29, 1.82) is 0 Å². The van der Waals surface area contributed by atoms with E-state index < -0.39 is 17.9 Å². The van der Waals surface area contributed by atoms with Crippen LogP contribution in [0.4, 0.5) is 5.00 Å². The van der Waals surface area contributed by atoms with Crippen molar-refractivity contribution in [2.45, 2.75) is 18.9 Å². The zero-order valence-electron chi connectivity index (χ0n) is 12.8. The smallest absolute Gasteiger partial charge is 0.262 e. The number of anilines is 1. The highest BCUT2D eigenvalue weighted by Gasteiger charge is 2.30. The number of nitrogens with one attached hydrogen (secondary N) is 2. The van der Waals surface area contributed by atoms with Crippen LogP contribution in [0.5, 0.6) is 0 Å². The first-order valence-corrected chi connectivity index (χ1v) is 8.42. The first-order valence-electron chi connectivity index (χ1n) is 7.60. The Hall–Kier alpha value is -2.67. The molecule has 1 aliphatic carbocycles. The predicted octanol–water partition coefficient (Wildman–Crippen LogP) is 2.05. The number of carbonyl (C=O) groups excluding carboxylic acids is 3. The van der Waals surface area contributed by atoms with E-state index in [0.717, 1.165) is 12.8 Å². The van der Waals surface area contributed by atoms with Crippen LogP contribution < -0.4 is 16.4 Å². The Morgan fingerprint density at radius 1 is 1.08 bits per heavy atom. The summed E-state index contributed by atoms with van der Waals surface area (Å²) >= 11 is 1.17. The van der Waals surface area contributed by atoms with Crippen LogP contribution in [-0.4, -0.2) is 17.7 Å². The SMILES string of the molecule is NC(=O)[C@H](NC(=O)c1ccc(NC(=O)C2CC2)s1)c1ccccc1. The second kappa shape index (κ2) is 6.84. The molecule has 1 atom stereocenters. The quantitative estimate of drug-likeness (QED) is 0.748. The van der Waals surface area contributed by atoms with Crippen LogP contribution in [0.3, 0.4) is 0 Å². The highest BCUT2D eigenvalue weighted by Crippen LogP contribution is 2.31. The van der Waals surface area contributed by atoms with Crippen molar-refractivity contribution in [2.24, 2.45) is 11.7 Å². The lowest BCUT2D eigenvalue weighted by Crippen LogP contribution is -2.37. The molecular formula is C17H17N3O3S. The van der Waals surface area contributed by atoms with Gasteiger partial charge in [0.2, 0.25) is 11.8 Å². The highest BCUT2D eigenvalue weighted by molar-refractivity contribution is 7.18. The summed E-state index contributed by atoms with van der Waals surface area (Å²) < 4.78 is 0. The van der Waals surface area contributed by atoms with Gasteiger partial charge in [0.15, 0.2) is 0 Å². The summed E-state index contributed by atoms with van der Waals surface area (Å²) in [5.41, 5.74) is 6.02. The van der Waals surface area contributed by atoms with Crippen LogP contribution >= 0.6 is 11.3 Å². The van der Waals surface area contributed by atoms with Gasteiger partial charge in [-0.25, -0.2) is 0 Å². The molecule has 1 aromatic heterocycles. The van der Waals surface area contributed by atoms with E-state index in [0.29, 0.717) is 15.4 Å². The molecule has 6 nitrogen and oxygen atoms in total. The van der Waals surface area contributed by atoms with Crippen LogP contribution in [0, 0.1) is 5.92 Å². The summed E-state index contributed by atoms with van der Waals surface area (Å²) in [6.45, 7) is 0. The Morgan fingerprint density at radius 2 is 1.79 bits per heavy atom. The van der Waals surface area contributed by atoms with Crippen LogP contribution in [0.15, 0.2) is 42.5 Å². The molecule has 1 fully saturated rings. The van der Waals surface area contributed by atoms with Crippen LogP contribution in [-0.2, 0) is 9.59 Å². The third kappa shape index (κ3) is 3.80. The average molecular weight is 343 g/mol. The number of thiophene rings is 1. The fraction of sp³-hybridized carbons (Fsp3) is 0.235. The normalized spacial score (nSPS) is 14.7. The summed E-state index contributed by atoms with van der Waals surface area (Å²) in [5.74, 6) is -0.947. The summed E-state index contributed by atoms with van der Waals surface area (Å²) in [6, 6.07) is 11.2. The van der Waals surface area contributed by atoms with Crippen LogP contribution in [0.1, 0.15) is 34.1 Å². The summed E-state index contributed by atoms with van der Waals surface area (Å²) in [4.78, 5) is 36.2. The van der Waals surface area contributed by atoms with E-state index in [-0.39, 0.29) is 11.8 Å². The van der Waals surface area contributed by atoms with Crippen molar-refractivity contribution in [3.05, 3.63) is 52.9 Å². The molecule has 24 heavy (non-hydrogen) atoms. The minimum absolute atomic E-state index is 0.0110. The summed E-state index contributed by atoms with van der Waals surface area (Å²) in [5, 5.41) is 6.05. The molecule has 0 bridgehead atoms. The zero-order valence-corrected chi connectivity index (χ0v) is 13.6. The average Bonchev–Trinajstić information content (AvgIpc) is 3.33. The second-order valence-electron chi connectivity index (χ2n) is 5.65. The lowest BCUT2D eigenvalue weighted by molar-refractivity contribution is -0.120. The minimum atomic E-state index is -0.898. The number of hydrogen-bond donors (Lipinski definition) is 3. The maximum atomic E-state index is 12.4. The number of carbonyl (C=O) groups is 3. The molecule has 3 amide bonds.